The zero-order valence-electron chi connectivity index (χ0n) is 14.5. The number of amides is 1. The summed E-state index contributed by atoms with van der Waals surface area (Å²) in [5.74, 6) is 1.83. The summed E-state index contributed by atoms with van der Waals surface area (Å²) in [6, 6.07) is 8.26. The maximum atomic E-state index is 12.8. The Bertz CT molecular complexity index is 711. The van der Waals surface area contributed by atoms with Crippen LogP contribution in [0.15, 0.2) is 28.8 Å². The largest absolute Gasteiger partial charge is 0.379 e. The molecule has 6 nitrogen and oxygen atoms in total. The first-order valence-electron chi connectivity index (χ1n) is 8.49. The van der Waals surface area contributed by atoms with Gasteiger partial charge < -0.3 is 14.7 Å². The third-order valence-electron chi connectivity index (χ3n) is 4.37. The number of para-hydroxylation sites is 2. The van der Waals surface area contributed by atoms with E-state index >= 15 is 0 Å². The van der Waals surface area contributed by atoms with Crippen molar-refractivity contribution < 1.29 is 9.32 Å². The number of nitrogens with one attached hydrogen (secondary N) is 1. The fraction of sp³-hybridized carbons (Fsp3) is 0.500. The Balaban J connectivity index is 1.66. The minimum Gasteiger partial charge on any atom is -0.379 e. The Labute approximate surface area is 142 Å². The summed E-state index contributed by atoms with van der Waals surface area (Å²) in [4.78, 5) is 18.8. The van der Waals surface area contributed by atoms with Crippen LogP contribution in [-0.2, 0) is 11.2 Å². The number of aryl methyl sites for hydroxylation is 2. The fourth-order valence-corrected chi connectivity index (χ4v) is 2.95. The maximum absolute atomic E-state index is 12.8. The molecule has 3 rings (SSSR count). The van der Waals surface area contributed by atoms with Crippen LogP contribution in [0.25, 0.3) is 0 Å². The number of rotatable bonds is 5. The average molecular weight is 328 g/mol. The lowest BCUT2D eigenvalue weighted by molar-refractivity contribution is -0.118. The van der Waals surface area contributed by atoms with E-state index < -0.39 is 0 Å². The highest BCUT2D eigenvalue weighted by atomic mass is 16.5. The third-order valence-corrected chi connectivity index (χ3v) is 4.37. The molecule has 1 atom stereocenters. The first-order valence-corrected chi connectivity index (χ1v) is 8.49. The number of anilines is 2. The second-order valence-electron chi connectivity index (χ2n) is 6.61. The second-order valence-corrected chi connectivity index (χ2v) is 6.61. The van der Waals surface area contributed by atoms with Crippen molar-refractivity contribution in [3.05, 3.63) is 36.0 Å². The maximum Gasteiger partial charge on any atom is 0.227 e. The topological polar surface area (TPSA) is 71.3 Å². The summed E-state index contributed by atoms with van der Waals surface area (Å²) in [5.41, 5.74) is 2.00. The third kappa shape index (κ3) is 3.58. The molecule has 2 heterocycles. The van der Waals surface area contributed by atoms with Crippen LogP contribution in [-0.4, -0.2) is 28.6 Å². The highest BCUT2D eigenvalue weighted by Gasteiger charge is 2.29. The Kier molecular flexibility index (Phi) is 4.83. The highest BCUT2D eigenvalue weighted by molar-refractivity contribution is 5.97. The Hall–Kier alpha value is -2.37. The van der Waals surface area contributed by atoms with Gasteiger partial charge in [-0.25, -0.2) is 0 Å². The van der Waals surface area contributed by atoms with E-state index in [4.69, 9.17) is 4.52 Å². The van der Waals surface area contributed by atoms with Gasteiger partial charge in [0.1, 0.15) is 0 Å². The summed E-state index contributed by atoms with van der Waals surface area (Å²) in [5, 5.41) is 7.31. The van der Waals surface area contributed by atoms with Gasteiger partial charge in [0, 0.05) is 25.4 Å². The van der Waals surface area contributed by atoms with E-state index in [9.17, 15) is 4.79 Å². The van der Waals surface area contributed by atoms with Gasteiger partial charge in [-0.1, -0.05) is 31.1 Å². The van der Waals surface area contributed by atoms with E-state index in [0.717, 1.165) is 11.4 Å². The molecule has 0 fully saturated rings. The van der Waals surface area contributed by atoms with Crippen LogP contribution >= 0.6 is 0 Å². The van der Waals surface area contributed by atoms with Crippen molar-refractivity contribution in [1.82, 2.24) is 10.1 Å². The minimum absolute atomic E-state index is 0.144. The van der Waals surface area contributed by atoms with Crippen molar-refractivity contribution >= 4 is 17.3 Å². The predicted molar refractivity (Wildman–Crippen MR) is 93.0 cm³/mol. The molecular formula is C18H24N4O2. The zero-order chi connectivity index (χ0) is 17.1. The van der Waals surface area contributed by atoms with E-state index in [1.54, 1.807) is 6.92 Å². The molecule has 2 aromatic rings. The van der Waals surface area contributed by atoms with Crippen molar-refractivity contribution in [1.29, 1.82) is 0 Å². The lowest BCUT2D eigenvalue weighted by Gasteiger charge is -2.37. The molecule has 1 aromatic carbocycles. The first kappa shape index (κ1) is 16.5. The smallest absolute Gasteiger partial charge is 0.227 e. The van der Waals surface area contributed by atoms with E-state index in [1.165, 1.54) is 0 Å². The molecule has 6 heteroatoms. The first-order chi connectivity index (χ1) is 11.5. The normalized spacial score (nSPS) is 16.8. The number of hydrogen-bond donors (Lipinski definition) is 1. The molecule has 0 bridgehead atoms. The highest BCUT2D eigenvalue weighted by Crippen LogP contribution is 2.32. The summed E-state index contributed by atoms with van der Waals surface area (Å²) in [6.45, 7) is 6.84. The molecule has 1 N–H and O–H groups in total. The van der Waals surface area contributed by atoms with Crippen LogP contribution < -0.4 is 10.2 Å². The molecule has 1 aliphatic heterocycles. The zero-order valence-corrected chi connectivity index (χ0v) is 14.5. The van der Waals surface area contributed by atoms with Gasteiger partial charge in [0.2, 0.25) is 11.8 Å². The number of benzene rings is 1. The number of nitrogens with zero attached hydrogens (tertiary/aromatic N) is 3. The SMILES string of the molecule is Cc1noc(CCCC(=O)N2C[C@H](C(C)C)Nc3ccccc32)n1. The quantitative estimate of drug-likeness (QED) is 0.912. The van der Waals surface area contributed by atoms with Crippen molar-refractivity contribution in [3.63, 3.8) is 0 Å². The molecule has 1 amide bonds. The summed E-state index contributed by atoms with van der Waals surface area (Å²) in [7, 11) is 0. The standard InChI is InChI=1S/C18H24N4O2/c1-12(2)15-11-22(16-8-5-4-7-14(16)20-15)18(23)10-6-9-17-19-13(3)21-24-17/h4-5,7-8,12,15,20H,6,9-11H2,1-3H3/t15-/m1/s1. The Morgan fingerprint density at radius 1 is 1.42 bits per heavy atom. The van der Waals surface area contributed by atoms with Crippen molar-refractivity contribution in [3.8, 4) is 0 Å². The molecule has 128 valence electrons. The van der Waals surface area contributed by atoms with Gasteiger partial charge in [-0.15, -0.1) is 0 Å². The number of hydrogen-bond acceptors (Lipinski definition) is 5. The van der Waals surface area contributed by atoms with Gasteiger partial charge in [0.15, 0.2) is 5.82 Å². The van der Waals surface area contributed by atoms with Crippen LogP contribution in [0.3, 0.4) is 0 Å². The Morgan fingerprint density at radius 2 is 2.21 bits per heavy atom. The predicted octanol–water partition coefficient (Wildman–Crippen LogP) is 3.18. The van der Waals surface area contributed by atoms with Crippen molar-refractivity contribution in [2.75, 3.05) is 16.8 Å². The van der Waals surface area contributed by atoms with Crippen molar-refractivity contribution in [2.45, 2.75) is 46.1 Å². The molecule has 1 aromatic heterocycles. The molecule has 0 radical (unpaired) electrons. The fourth-order valence-electron chi connectivity index (χ4n) is 2.95. The van der Waals surface area contributed by atoms with Crippen LogP contribution in [0.5, 0.6) is 0 Å². The number of carbonyl (C=O) groups excluding carboxylic acids is 1. The molecule has 0 aliphatic carbocycles. The van der Waals surface area contributed by atoms with Gasteiger partial charge in [0.25, 0.3) is 0 Å². The lowest BCUT2D eigenvalue weighted by Crippen LogP contribution is -2.47. The average Bonchev–Trinajstić information content (AvgIpc) is 2.99. The number of aromatic nitrogens is 2. The molecule has 0 saturated heterocycles. The molecular weight excluding hydrogens is 304 g/mol. The number of fused-ring (bicyclic) bond motifs is 1. The van der Waals surface area contributed by atoms with Crippen LogP contribution in [0.2, 0.25) is 0 Å². The van der Waals surface area contributed by atoms with Gasteiger partial charge in [-0.05, 0) is 31.4 Å². The summed E-state index contributed by atoms with van der Waals surface area (Å²) in [6.07, 6.45) is 1.81. The van der Waals surface area contributed by atoms with Gasteiger partial charge in [-0.2, -0.15) is 4.98 Å². The van der Waals surface area contributed by atoms with Gasteiger partial charge >= 0.3 is 0 Å². The monoisotopic (exact) mass is 328 g/mol. The van der Waals surface area contributed by atoms with E-state index in [0.29, 0.717) is 43.4 Å². The van der Waals surface area contributed by atoms with Crippen LogP contribution in [0, 0.1) is 12.8 Å². The van der Waals surface area contributed by atoms with Crippen molar-refractivity contribution in [2.24, 2.45) is 5.92 Å². The molecule has 1 aliphatic rings. The van der Waals surface area contributed by atoms with E-state index in [1.807, 2.05) is 29.2 Å². The molecule has 24 heavy (non-hydrogen) atoms. The Morgan fingerprint density at radius 3 is 2.92 bits per heavy atom. The molecule has 0 saturated carbocycles. The van der Waals surface area contributed by atoms with Crippen LogP contribution in [0.1, 0.15) is 38.4 Å². The minimum atomic E-state index is 0.144. The van der Waals surface area contributed by atoms with E-state index in [2.05, 4.69) is 29.3 Å². The summed E-state index contributed by atoms with van der Waals surface area (Å²) >= 11 is 0. The second kappa shape index (κ2) is 7.03. The lowest BCUT2D eigenvalue weighted by atomic mass is 9.99. The van der Waals surface area contributed by atoms with Crippen LogP contribution in [0.4, 0.5) is 11.4 Å². The van der Waals surface area contributed by atoms with Gasteiger partial charge in [0.05, 0.1) is 11.4 Å². The molecule has 0 spiro atoms. The summed E-state index contributed by atoms with van der Waals surface area (Å²) < 4.78 is 5.10. The molecule has 0 unspecified atom stereocenters. The van der Waals surface area contributed by atoms with Gasteiger partial charge in [-0.3, -0.25) is 4.79 Å². The van der Waals surface area contributed by atoms with E-state index in [-0.39, 0.29) is 11.9 Å². The number of carbonyl (C=O) groups is 1.